The van der Waals surface area contributed by atoms with Gasteiger partial charge in [0.25, 0.3) is 0 Å². The summed E-state index contributed by atoms with van der Waals surface area (Å²) < 4.78 is 0. The monoisotopic (exact) mass is 229 g/mol. The Morgan fingerprint density at radius 1 is 1.69 bits per heavy atom. The number of nitrogens with two attached hydrogens (primary N) is 1. The molecule has 0 aromatic carbocycles. The molecule has 0 saturated carbocycles. The van der Waals surface area contributed by atoms with E-state index in [1.165, 1.54) is 7.05 Å². The van der Waals surface area contributed by atoms with Crippen molar-refractivity contribution in [3.63, 3.8) is 0 Å². The molecule has 7 heteroatoms. The molecule has 0 bridgehead atoms. The van der Waals surface area contributed by atoms with Crippen molar-refractivity contribution in [1.82, 2.24) is 10.2 Å². The topological polar surface area (TPSA) is 113 Å². The van der Waals surface area contributed by atoms with Crippen LogP contribution in [0, 0.1) is 0 Å². The molecule has 1 heterocycles. The SMILES string of the molecule is CN1C(=O)CCC(NCC(N)C(=O)O)C1=O. The van der Waals surface area contributed by atoms with Crippen molar-refractivity contribution in [2.45, 2.75) is 24.9 Å². The van der Waals surface area contributed by atoms with Crippen LogP contribution in [0.2, 0.25) is 0 Å². The van der Waals surface area contributed by atoms with Crippen LogP contribution in [0.15, 0.2) is 0 Å². The molecule has 2 amide bonds. The van der Waals surface area contributed by atoms with E-state index in [9.17, 15) is 14.4 Å². The first kappa shape index (κ1) is 12.6. The molecule has 1 fully saturated rings. The number of piperidine rings is 1. The molecule has 2 atom stereocenters. The third-order valence-corrected chi connectivity index (χ3v) is 2.55. The van der Waals surface area contributed by atoms with Crippen LogP contribution in [0.5, 0.6) is 0 Å². The second kappa shape index (κ2) is 5.04. The van der Waals surface area contributed by atoms with Gasteiger partial charge in [0.2, 0.25) is 11.8 Å². The lowest BCUT2D eigenvalue weighted by atomic mass is 10.0. The van der Waals surface area contributed by atoms with Crippen molar-refractivity contribution in [1.29, 1.82) is 0 Å². The van der Waals surface area contributed by atoms with Crippen LogP contribution in [0.4, 0.5) is 0 Å². The minimum atomic E-state index is -1.12. The summed E-state index contributed by atoms with van der Waals surface area (Å²) in [6, 6.07) is -1.57. The Balaban J connectivity index is 2.47. The summed E-state index contributed by atoms with van der Waals surface area (Å²) >= 11 is 0. The van der Waals surface area contributed by atoms with Crippen LogP contribution < -0.4 is 11.1 Å². The fraction of sp³-hybridized carbons (Fsp3) is 0.667. The number of nitrogens with one attached hydrogen (secondary N) is 1. The van der Waals surface area contributed by atoms with Crippen molar-refractivity contribution in [2.24, 2.45) is 5.73 Å². The number of carbonyl (C=O) groups is 3. The van der Waals surface area contributed by atoms with E-state index in [1.807, 2.05) is 0 Å². The molecule has 1 rings (SSSR count). The molecular weight excluding hydrogens is 214 g/mol. The van der Waals surface area contributed by atoms with E-state index < -0.39 is 18.1 Å². The number of hydrogen-bond donors (Lipinski definition) is 3. The van der Waals surface area contributed by atoms with Gasteiger partial charge >= 0.3 is 5.97 Å². The Morgan fingerprint density at radius 3 is 2.88 bits per heavy atom. The van der Waals surface area contributed by atoms with Crippen LogP contribution in [-0.4, -0.2) is 53.5 Å². The summed E-state index contributed by atoms with van der Waals surface area (Å²) in [7, 11) is 1.41. The molecule has 0 spiro atoms. The Hall–Kier alpha value is -1.47. The van der Waals surface area contributed by atoms with Crippen molar-refractivity contribution >= 4 is 17.8 Å². The largest absolute Gasteiger partial charge is 0.480 e. The van der Waals surface area contributed by atoms with Crippen LogP contribution in [0.1, 0.15) is 12.8 Å². The highest BCUT2D eigenvalue weighted by Gasteiger charge is 2.31. The number of hydrogen-bond acceptors (Lipinski definition) is 5. The summed E-state index contributed by atoms with van der Waals surface area (Å²) in [5, 5.41) is 11.3. The lowest BCUT2D eigenvalue weighted by Gasteiger charge is -2.28. The normalized spacial score (nSPS) is 23.4. The summed E-state index contributed by atoms with van der Waals surface area (Å²) in [4.78, 5) is 34.2. The fourth-order valence-corrected chi connectivity index (χ4v) is 1.46. The highest BCUT2D eigenvalue weighted by atomic mass is 16.4. The number of carboxylic acids is 1. The lowest BCUT2D eigenvalue weighted by molar-refractivity contribution is -0.148. The molecule has 90 valence electrons. The van der Waals surface area contributed by atoms with Gasteiger partial charge in [-0.15, -0.1) is 0 Å². The van der Waals surface area contributed by atoms with Crippen molar-refractivity contribution in [3.05, 3.63) is 0 Å². The molecule has 7 nitrogen and oxygen atoms in total. The van der Waals surface area contributed by atoms with Crippen molar-refractivity contribution in [2.75, 3.05) is 13.6 Å². The lowest BCUT2D eigenvalue weighted by Crippen LogP contribution is -2.54. The molecule has 2 unspecified atom stereocenters. The molecule has 1 aliphatic rings. The number of carbonyl (C=O) groups excluding carboxylic acids is 2. The third-order valence-electron chi connectivity index (χ3n) is 2.55. The molecule has 1 saturated heterocycles. The molecule has 16 heavy (non-hydrogen) atoms. The molecule has 1 aliphatic heterocycles. The first-order valence-corrected chi connectivity index (χ1v) is 4.95. The quantitative estimate of drug-likeness (QED) is 0.487. The van der Waals surface area contributed by atoms with Gasteiger partial charge < -0.3 is 16.2 Å². The van der Waals surface area contributed by atoms with Gasteiger partial charge in [-0.05, 0) is 6.42 Å². The number of amides is 2. The number of carboxylic acid groups (broad SMARTS) is 1. The predicted octanol–water partition coefficient (Wildman–Crippen LogP) is -1.86. The minimum absolute atomic E-state index is 0.00771. The number of imide groups is 1. The Morgan fingerprint density at radius 2 is 2.31 bits per heavy atom. The number of nitrogens with zero attached hydrogens (tertiary/aromatic N) is 1. The highest BCUT2D eigenvalue weighted by Crippen LogP contribution is 2.10. The third kappa shape index (κ3) is 2.77. The van der Waals surface area contributed by atoms with Gasteiger partial charge in [-0.2, -0.15) is 0 Å². The minimum Gasteiger partial charge on any atom is -0.480 e. The van der Waals surface area contributed by atoms with Gasteiger partial charge in [0, 0.05) is 20.0 Å². The van der Waals surface area contributed by atoms with Gasteiger partial charge in [0.05, 0.1) is 6.04 Å². The van der Waals surface area contributed by atoms with E-state index in [0.717, 1.165) is 4.90 Å². The fourth-order valence-electron chi connectivity index (χ4n) is 1.46. The van der Waals surface area contributed by atoms with Crippen LogP contribution in [0.3, 0.4) is 0 Å². The zero-order valence-electron chi connectivity index (χ0n) is 8.97. The zero-order chi connectivity index (χ0) is 12.3. The Kier molecular flexibility index (Phi) is 3.97. The average Bonchev–Trinajstić information content (AvgIpc) is 2.24. The van der Waals surface area contributed by atoms with Crippen LogP contribution >= 0.6 is 0 Å². The van der Waals surface area contributed by atoms with Crippen LogP contribution in [-0.2, 0) is 14.4 Å². The predicted molar refractivity (Wildman–Crippen MR) is 54.4 cm³/mol. The van der Waals surface area contributed by atoms with Crippen molar-refractivity contribution < 1.29 is 19.5 Å². The maximum absolute atomic E-state index is 11.6. The standard InChI is InChI=1S/C9H15N3O4/c1-12-7(13)3-2-6(8(12)14)11-4-5(10)9(15)16/h5-6,11H,2-4,10H2,1H3,(H,15,16). The maximum atomic E-state index is 11.6. The average molecular weight is 229 g/mol. The van der Waals surface area contributed by atoms with E-state index in [-0.39, 0.29) is 24.8 Å². The number of aliphatic carboxylic acids is 1. The summed E-state index contributed by atoms with van der Waals surface area (Å²) in [5.74, 6) is -1.68. The van der Waals surface area contributed by atoms with E-state index in [2.05, 4.69) is 5.32 Å². The smallest absolute Gasteiger partial charge is 0.321 e. The van der Waals surface area contributed by atoms with E-state index >= 15 is 0 Å². The van der Waals surface area contributed by atoms with Crippen LogP contribution in [0.25, 0.3) is 0 Å². The molecule has 0 radical (unpaired) electrons. The molecule has 0 aliphatic carbocycles. The highest BCUT2D eigenvalue weighted by molar-refractivity contribution is 6.00. The Bertz CT molecular complexity index is 318. The van der Waals surface area contributed by atoms with E-state index in [0.29, 0.717) is 6.42 Å². The maximum Gasteiger partial charge on any atom is 0.321 e. The molecule has 0 aromatic rings. The second-order valence-electron chi connectivity index (χ2n) is 3.74. The summed E-state index contributed by atoms with van der Waals surface area (Å²) in [6.07, 6.45) is 0.663. The zero-order valence-corrected chi connectivity index (χ0v) is 8.97. The van der Waals surface area contributed by atoms with Gasteiger partial charge in [-0.1, -0.05) is 0 Å². The first-order chi connectivity index (χ1) is 7.43. The number of likely N-dealkylation sites (N-methyl/N-ethyl adjacent to an activating group) is 1. The van der Waals surface area contributed by atoms with Gasteiger partial charge in [-0.3, -0.25) is 19.3 Å². The second-order valence-corrected chi connectivity index (χ2v) is 3.74. The number of rotatable bonds is 4. The van der Waals surface area contributed by atoms with Gasteiger partial charge in [0.15, 0.2) is 0 Å². The van der Waals surface area contributed by atoms with E-state index in [1.54, 1.807) is 0 Å². The van der Waals surface area contributed by atoms with E-state index in [4.69, 9.17) is 10.8 Å². The number of likely N-dealkylation sites (tertiary alicyclic amines) is 1. The van der Waals surface area contributed by atoms with Crippen molar-refractivity contribution in [3.8, 4) is 0 Å². The molecular formula is C9H15N3O4. The molecule has 0 aromatic heterocycles. The first-order valence-electron chi connectivity index (χ1n) is 4.95. The van der Waals surface area contributed by atoms with Gasteiger partial charge in [0.1, 0.15) is 6.04 Å². The summed E-state index contributed by atoms with van der Waals surface area (Å²) in [5.41, 5.74) is 5.29. The van der Waals surface area contributed by atoms with Gasteiger partial charge in [-0.25, -0.2) is 0 Å². The molecule has 4 N–H and O–H groups in total. The Labute approximate surface area is 92.6 Å². The summed E-state index contributed by atoms with van der Waals surface area (Å²) in [6.45, 7) is 0.00771.